The second-order valence-corrected chi connectivity index (χ2v) is 5.24. The lowest BCUT2D eigenvalue weighted by atomic mass is 10.1. The van der Waals surface area contributed by atoms with E-state index in [1.807, 2.05) is 6.92 Å². The van der Waals surface area contributed by atoms with E-state index in [1.54, 1.807) is 18.2 Å². The molecule has 1 fully saturated rings. The van der Waals surface area contributed by atoms with Crippen molar-refractivity contribution in [2.24, 2.45) is 0 Å². The lowest BCUT2D eigenvalue weighted by Crippen LogP contribution is -2.42. The second kappa shape index (κ2) is 7.31. The number of carbonyl (C=O) groups is 2. The summed E-state index contributed by atoms with van der Waals surface area (Å²) in [5.74, 6) is -0.633. The Morgan fingerprint density at radius 1 is 1.19 bits per heavy atom. The van der Waals surface area contributed by atoms with E-state index >= 15 is 0 Å². The third kappa shape index (κ3) is 3.88. The van der Waals surface area contributed by atoms with Gasteiger partial charge in [-0.25, -0.2) is 4.39 Å². The normalized spacial score (nSPS) is 17.7. The number of likely N-dealkylation sites (tertiary alicyclic amines) is 1. The van der Waals surface area contributed by atoms with Crippen LogP contribution in [0.25, 0.3) is 0 Å². The molecule has 0 saturated carbocycles. The van der Waals surface area contributed by atoms with Gasteiger partial charge in [0.15, 0.2) is 0 Å². The molecule has 1 aliphatic rings. The number of rotatable bonds is 5. The summed E-state index contributed by atoms with van der Waals surface area (Å²) in [6.45, 7) is 2.74. The van der Waals surface area contributed by atoms with E-state index in [4.69, 9.17) is 0 Å². The predicted molar refractivity (Wildman–Crippen MR) is 78.0 cm³/mol. The molecule has 1 unspecified atom stereocenters. The Kier molecular flexibility index (Phi) is 5.44. The Morgan fingerprint density at radius 3 is 2.38 bits per heavy atom. The molecule has 1 aromatic rings. The van der Waals surface area contributed by atoms with E-state index in [9.17, 15) is 14.0 Å². The van der Waals surface area contributed by atoms with Crippen molar-refractivity contribution in [1.29, 1.82) is 0 Å². The fourth-order valence-electron chi connectivity index (χ4n) is 2.62. The van der Waals surface area contributed by atoms with E-state index in [2.05, 4.69) is 5.32 Å². The van der Waals surface area contributed by atoms with Gasteiger partial charge in [0.2, 0.25) is 11.8 Å². The molecule has 21 heavy (non-hydrogen) atoms. The quantitative estimate of drug-likeness (QED) is 0.848. The number of nitrogens with one attached hydrogen (secondary N) is 1. The average molecular weight is 292 g/mol. The molecule has 0 spiro atoms. The van der Waals surface area contributed by atoms with Gasteiger partial charge in [0.1, 0.15) is 5.82 Å². The molecule has 1 aromatic carbocycles. The number of hydrogen-bond acceptors (Lipinski definition) is 3. The van der Waals surface area contributed by atoms with Crippen LogP contribution in [0, 0.1) is 5.82 Å². The maximum atomic E-state index is 14.0. The number of amides is 2. The zero-order chi connectivity index (χ0) is 15.2. The molecule has 0 aliphatic carbocycles. The van der Waals surface area contributed by atoms with Gasteiger partial charge >= 0.3 is 0 Å². The third-order valence-electron chi connectivity index (χ3n) is 3.73. The Hall–Kier alpha value is -1.75. The Labute approximate surface area is 124 Å². The molecular formula is C16H21FN2O2. The first-order chi connectivity index (χ1) is 10.1. The first kappa shape index (κ1) is 15.6. The van der Waals surface area contributed by atoms with Gasteiger partial charge in [0.25, 0.3) is 0 Å². The Morgan fingerprint density at radius 2 is 1.81 bits per heavy atom. The molecule has 0 aromatic heterocycles. The van der Waals surface area contributed by atoms with E-state index in [-0.39, 0.29) is 30.2 Å². The Balaban J connectivity index is 2.21. The predicted octanol–water partition coefficient (Wildman–Crippen LogP) is 2.41. The second-order valence-electron chi connectivity index (χ2n) is 5.24. The molecule has 2 amide bonds. The molecule has 5 heteroatoms. The highest BCUT2D eigenvalue weighted by molar-refractivity contribution is 5.96. The molecule has 1 aliphatic heterocycles. The molecule has 114 valence electrons. The van der Waals surface area contributed by atoms with Crippen molar-refractivity contribution < 1.29 is 14.0 Å². The number of imide groups is 1. The summed E-state index contributed by atoms with van der Waals surface area (Å²) in [5, 5.41) is 3.16. The van der Waals surface area contributed by atoms with Gasteiger partial charge in [0, 0.05) is 24.9 Å². The largest absolute Gasteiger partial charge is 0.309 e. The van der Waals surface area contributed by atoms with Crippen molar-refractivity contribution in [1.82, 2.24) is 10.2 Å². The van der Waals surface area contributed by atoms with Crippen LogP contribution in [0.5, 0.6) is 0 Å². The minimum Gasteiger partial charge on any atom is -0.309 e. The van der Waals surface area contributed by atoms with Crippen LogP contribution in [0.3, 0.4) is 0 Å². The Bertz CT molecular complexity index is 501. The van der Waals surface area contributed by atoms with E-state index in [1.165, 1.54) is 11.0 Å². The standard InChI is InChI=1S/C16H21FN2O2/c1-2-18-14(12-7-3-4-8-13(12)17)11-19-15(20)9-5-6-10-16(19)21/h3-4,7-8,14,18H,2,5-6,9-11H2,1H3. The van der Waals surface area contributed by atoms with Crippen molar-refractivity contribution in [2.75, 3.05) is 13.1 Å². The molecule has 1 saturated heterocycles. The SMILES string of the molecule is CCNC(CN1C(=O)CCCCC1=O)c1ccccc1F. The summed E-state index contributed by atoms with van der Waals surface area (Å²) in [5.41, 5.74) is 0.490. The fraction of sp³-hybridized carbons (Fsp3) is 0.500. The van der Waals surface area contributed by atoms with Crippen molar-refractivity contribution in [3.05, 3.63) is 35.6 Å². The molecule has 1 N–H and O–H groups in total. The fourth-order valence-corrected chi connectivity index (χ4v) is 2.62. The summed E-state index contributed by atoms with van der Waals surface area (Å²) < 4.78 is 14.0. The molecule has 4 nitrogen and oxygen atoms in total. The van der Waals surface area contributed by atoms with Crippen LogP contribution in [0.4, 0.5) is 4.39 Å². The molecule has 0 radical (unpaired) electrons. The van der Waals surface area contributed by atoms with Gasteiger partial charge in [0.05, 0.1) is 6.04 Å². The van der Waals surface area contributed by atoms with E-state index in [0.29, 0.717) is 24.9 Å². The highest BCUT2D eigenvalue weighted by Gasteiger charge is 2.27. The van der Waals surface area contributed by atoms with Gasteiger partial charge in [-0.15, -0.1) is 0 Å². The van der Waals surface area contributed by atoms with Crippen molar-refractivity contribution in [2.45, 2.75) is 38.6 Å². The number of halogens is 1. The highest BCUT2D eigenvalue weighted by atomic mass is 19.1. The summed E-state index contributed by atoms with van der Waals surface area (Å²) in [6.07, 6.45) is 2.27. The molecule has 1 heterocycles. The third-order valence-corrected chi connectivity index (χ3v) is 3.73. The van der Waals surface area contributed by atoms with Crippen LogP contribution >= 0.6 is 0 Å². The van der Waals surface area contributed by atoms with Crippen molar-refractivity contribution >= 4 is 11.8 Å². The summed E-state index contributed by atoms with van der Waals surface area (Å²) in [4.78, 5) is 25.4. The average Bonchev–Trinajstić information content (AvgIpc) is 2.62. The summed E-state index contributed by atoms with van der Waals surface area (Å²) in [7, 11) is 0. The lowest BCUT2D eigenvalue weighted by molar-refractivity contribution is -0.144. The first-order valence-corrected chi connectivity index (χ1v) is 7.44. The first-order valence-electron chi connectivity index (χ1n) is 7.44. The van der Waals surface area contributed by atoms with Crippen LogP contribution in [-0.4, -0.2) is 29.8 Å². The molecule has 2 rings (SSSR count). The van der Waals surface area contributed by atoms with Gasteiger partial charge in [-0.3, -0.25) is 14.5 Å². The van der Waals surface area contributed by atoms with Crippen molar-refractivity contribution in [3.63, 3.8) is 0 Å². The minimum absolute atomic E-state index is 0.156. The monoisotopic (exact) mass is 292 g/mol. The number of nitrogens with zero attached hydrogens (tertiary/aromatic N) is 1. The number of likely N-dealkylation sites (N-methyl/N-ethyl adjacent to an activating group) is 1. The van der Waals surface area contributed by atoms with Crippen LogP contribution in [-0.2, 0) is 9.59 Å². The van der Waals surface area contributed by atoms with Crippen LogP contribution < -0.4 is 5.32 Å². The van der Waals surface area contributed by atoms with Gasteiger partial charge in [-0.2, -0.15) is 0 Å². The van der Waals surface area contributed by atoms with Crippen LogP contribution in [0.15, 0.2) is 24.3 Å². The van der Waals surface area contributed by atoms with Crippen LogP contribution in [0.2, 0.25) is 0 Å². The smallest absolute Gasteiger partial charge is 0.229 e. The molecule has 0 bridgehead atoms. The maximum absolute atomic E-state index is 14.0. The van der Waals surface area contributed by atoms with Crippen molar-refractivity contribution in [3.8, 4) is 0 Å². The summed E-state index contributed by atoms with van der Waals surface area (Å²) in [6, 6.07) is 6.10. The topological polar surface area (TPSA) is 49.4 Å². The minimum atomic E-state index is -0.373. The highest BCUT2D eigenvalue weighted by Crippen LogP contribution is 2.21. The van der Waals surface area contributed by atoms with E-state index in [0.717, 1.165) is 12.8 Å². The number of hydrogen-bond donors (Lipinski definition) is 1. The van der Waals surface area contributed by atoms with E-state index < -0.39 is 0 Å². The summed E-state index contributed by atoms with van der Waals surface area (Å²) >= 11 is 0. The number of carbonyl (C=O) groups excluding carboxylic acids is 2. The zero-order valence-corrected chi connectivity index (χ0v) is 12.3. The lowest BCUT2D eigenvalue weighted by Gasteiger charge is -2.26. The van der Waals surface area contributed by atoms with Gasteiger partial charge < -0.3 is 5.32 Å². The van der Waals surface area contributed by atoms with Gasteiger partial charge in [-0.1, -0.05) is 25.1 Å². The van der Waals surface area contributed by atoms with Gasteiger partial charge in [-0.05, 0) is 25.5 Å². The number of benzene rings is 1. The molecule has 1 atom stereocenters. The maximum Gasteiger partial charge on any atom is 0.229 e. The van der Waals surface area contributed by atoms with Crippen LogP contribution in [0.1, 0.15) is 44.2 Å². The zero-order valence-electron chi connectivity index (χ0n) is 12.3. The molecular weight excluding hydrogens is 271 g/mol.